The Morgan fingerprint density at radius 3 is 1.56 bits per heavy atom. The second kappa shape index (κ2) is 9.61. The van der Waals surface area contributed by atoms with Crippen LogP contribution in [0.5, 0.6) is 0 Å². The fraction of sp³-hybridized carbons (Fsp3) is 1.00. The first-order valence-corrected chi connectivity index (χ1v) is 11.9. The molecule has 160 valence electrons. The molecular formula is C25H48O2. The Hall–Kier alpha value is -0.0800. The van der Waals surface area contributed by atoms with Crippen molar-refractivity contribution < 1.29 is 10.2 Å². The van der Waals surface area contributed by atoms with E-state index in [-0.39, 0.29) is 18.1 Å². The fourth-order valence-electron chi connectivity index (χ4n) is 6.73. The van der Waals surface area contributed by atoms with Gasteiger partial charge in [-0.2, -0.15) is 0 Å². The van der Waals surface area contributed by atoms with Gasteiger partial charge in [-0.1, -0.05) is 55.4 Å². The topological polar surface area (TPSA) is 40.5 Å². The molecule has 0 bridgehead atoms. The zero-order valence-electron chi connectivity index (χ0n) is 19.4. The molecule has 0 aromatic carbocycles. The first-order valence-electron chi connectivity index (χ1n) is 11.9. The minimum absolute atomic E-state index is 0.107. The summed E-state index contributed by atoms with van der Waals surface area (Å²) in [5, 5.41) is 22.7. The lowest BCUT2D eigenvalue weighted by molar-refractivity contribution is -0.0818. The van der Waals surface area contributed by atoms with Gasteiger partial charge in [0.15, 0.2) is 0 Å². The van der Waals surface area contributed by atoms with E-state index in [1.165, 1.54) is 19.3 Å². The molecule has 2 fully saturated rings. The predicted molar refractivity (Wildman–Crippen MR) is 115 cm³/mol. The molecular weight excluding hydrogens is 332 g/mol. The maximum atomic E-state index is 11.4. The van der Waals surface area contributed by atoms with Gasteiger partial charge in [0.1, 0.15) is 0 Å². The van der Waals surface area contributed by atoms with Gasteiger partial charge in [0, 0.05) is 5.92 Å². The van der Waals surface area contributed by atoms with E-state index < -0.39 is 0 Å². The Morgan fingerprint density at radius 2 is 1.11 bits per heavy atom. The highest BCUT2D eigenvalue weighted by molar-refractivity contribution is 5.02. The quantitative estimate of drug-likeness (QED) is 0.541. The van der Waals surface area contributed by atoms with Crippen LogP contribution in [0.25, 0.3) is 0 Å². The van der Waals surface area contributed by atoms with Crippen LogP contribution in [0.4, 0.5) is 0 Å². The van der Waals surface area contributed by atoms with Gasteiger partial charge in [-0.25, -0.2) is 0 Å². The Balaban J connectivity index is 2.17. The van der Waals surface area contributed by atoms with Crippen LogP contribution < -0.4 is 0 Å². The normalized spacial score (nSPS) is 36.7. The van der Waals surface area contributed by atoms with Crippen molar-refractivity contribution in [2.75, 3.05) is 0 Å². The number of rotatable bonds is 8. The van der Waals surface area contributed by atoms with E-state index in [9.17, 15) is 10.2 Å². The molecule has 2 nitrogen and oxygen atoms in total. The average Bonchev–Trinajstić information content (AvgIpc) is 2.87. The highest BCUT2D eigenvalue weighted by Gasteiger charge is 2.53. The van der Waals surface area contributed by atoms with Crippen LogP contribution in [0.3, 0.4) is 0 Å². The summed E-state index contributed by atoms with van der Waals surface area (Å²) in [6.45, 7) is 18.5. The third-order valence-electron chi connectivity index (χ3n) is 7.96. The molecule has 0 aromatic heterocycles. The fourth-order valence-corrected chi connectivity index (χ4v) is 6.73. The maximum Gasteiger partial charge on any atom is 0.0626 e. The predicted octanol–water partition coefficient (Wildman–Crippen LogP) is 6.01. The smallest absolute Gasteiger partial charge is 0.0626 e. The molecule has 0 amide bonds. The summed E-state index contributed by atoms with van der Waals surface area (Å²) in [5.74, 6) is 5.06. The van der Waals surface area contributed by atoms with Crippen molar-refractivity contribution in [3.63, 3.8) is 0 Å². The summed E-state index contributed by atoms with van der Waals surface area (Å²) in [6, 6.07) is 0. The van der Waals surface area contributed by atoms with Crippen molar-refractivity contribution in [3.05, 3.63) is 0 Å². The van der Waals surface area contributed by atoms with Gasteiger partial charge in [0.05, 0.1) is 12.2 Å². The Labute approximate surface area is 169 Å². The molecule has 2 saturated carbocycles. The van der Waals surface area contributed by atoms with Crippen molar-refractivity contribution in [2.24, 2.45) is 59.2 Å². The summed E-state index contributed by atoms with van der Waals surface area (Å²) in [6.07, 6.45) is 5.23. The Kier molecular flexibility index (Phi) is 8.26. The minimum Gasteiger partial charge on any atom is -0.392 e. The van der Waals surface area contributed by atoms with E-state index in [1.807, 2.05) is 0 Å². The van der Waals surface area contributed by atoms with Crippen molar-refractivity contribution in [2.45, 2.75) is 99.7 Å². The van der Waals surface area contributed by atoms with Crippen molar-refractivity contribution in [3.8, 4) is 0 Å². The Morgan fingerprint density at radius 1 is 0.667 bits per heavy atom. The van der Waals surface area contributed by atoms with Crippen LogP contribution in [-0.4, -0.2) is 22.4 Å². The standard InChI is InChI=1S/C25H48O2/c1-14(2)11-20(16(5)6)19-10-9-18-13-22(25(27)23(18)24(19)26)21(17(7)8)12-15(3)4/h14-27H,9-13H2,1-8H3/t18?,19-,20?,21?,22-,23?,24?,25?/m1/s1. The lowest BCUT2D eigenvalue weighted by Crippen LogP contribution is -2.46. The molecule has 2 rings (SSSR count). The van der Waals surface area contributed by atoms with Crippen LogP contribution in [0.1, 0.15) is 87.5 Å². The van der Waals surface area contributed by atoms with E-state index in [1.54, 1.807) is 0 Å². The molecule has 0 saturated heterocycles. The largest absolute Gasteiger partial charge is 0.392 e. The van der Waals surface area contributed by atoms with Gasteiger partial charge < -0.3 is 10.2 Å². The first-order chi connectivity index (χ1) is 12.5. The maximum absolute atomic E-state index is 11.4. The molecule has 2 aliphatic carbocycles. The van der Waals surface area contributed by atoms with Crippen LogP contribution in [0.2, 0.25) is 0 Å². The number of hydrogen-bond acceptors (Lipinski definition) is 2. The minimum atomic E-state index is -0.318. The lowest BCUT2D eigenvalue weighted by Gasteiger charge is -2.44. The van der Waals surface area contributed by atoms with Crippen LogP contribution >= 0.6 is 0 Å². The third kappa shape index (κ3) is 5.30. The van der Waals surface area contributed by atoms with Gasteiger partial charge in [-0.05, 0) is 85.4 Å². The van der Waals surface area contributed by atoms with Gasteiger partial charge in [-0.3, -0.25) is 0 Å². The number of aliphatic hydroxyl groups excluding tert-OH is 2. The van der Waals surface area contributed by atoms with Crippen LogP contribution in [-0.2, 0) is 0 Å². The third-order valence-corrected chi connectivity index (χ3v) is 7.96. The highest BCUT2D eigenvalue weighted by atomic mass is 16.3. The summed E-state index contributed by atoms with van der Waals surface area (Å²) >= 11 is 0. The molecule has 0 heterocycles. The molecule has 27 heavy (non-hydrogen) atoms. The summed E-state index contributed by atoms with van der Waals surface area (Å²) < 4.78 is 0. The molecule has 0 aromatic rings. The molecule has 2 aliphatic rings. The number of aliphatic hydroxyl groups is 2. The first kappa shape index (κ1) is 23.2. The van der Waals surface area contributed by atoms with E-state index in [0.29, 0.717) is 53.3 Å². The van der Waals surface area contributed by atoms with Crippen molar-refractivity contribution in [1.82, 2.24) is 0 Å². The van der Waals surface area contributed by atoms with E-state index >= 15 is 0 Å². The molecule has 6 unspecified atom stereocenters. The lowest BCUT2D eigenvalue weighted by atomic mass is 9.64. The molecule has 0 aliphatic heterocycles. The Bertz CT molecular complexity index is 422. The molecule has 0 radical (unpaired) electrons. The van der Waals surface area contributed by atoms with Gasteiger partial charge in [0.2, 0.25) is 0 Å². The monoisotopic (exact) mass is 380 g/mol. The SMILES string of the molecule is CC(C)CC(C(C)C)[C@H]1CCC2C[C@H](C(CC(C)C)C(C)C)C(O)C2C1O. The molecule has 8 atom stereocenters. The average molecular weight is 381 g/mol. The number of hydrogen-bond donors (Lipinski definition) is 2. The number of fused-ring (bicyclic) bond motifs is 1. The van der Waals surface area contributed by atoms with Crippen LogP contribution in [0.15, 0.2) is 0 Å². The van der Waals surface area contributed by atoms with E-state index in [0.717, 1.165) is 12.8 Å². The van der Waals surface area contributed by atoms with Gasteiger partial charge in [0.25, 0.3) is 0 Å². The summed E-state index contributed by atoms with van der Waals surface area (Å²) in [5.41, 5.74) is 0. The van der Waals surface area contributed by atoms with Crippen molar-refractivity contribution in [1.29, 1.82) is 0 Å². The molecule has 0 spiro atoms. The van der Waals surface area contributed by atoms with E-state index in [4.69, 9.17) is 0 Å². The zero-order chi connectivity index (χ0) is 20.5. The highest BCUT2D eigenvalue weighted by Crippen LogP contribution is 2.53. The molecule has 2 heteroatoms. The second-order valence-corrected chi connectivity index (χ2v) is 11.5. The summed E-state index contributed by atoms with van der Waals surface area (Å²) in [4.78, 5) is 0. The van der Waals surface area contributed by atoms with Crippen LogP contribution in [0, 0.1) is 59.2 Å². The summed E-state index contributed by atoms with van der Waals surface area (Å²) in [7, 11) is 0. The molecule has 2 N–H and O–H groups in total. The second-order valence-electron chi connectivity index (χ2n) is 11.5. The van der Waals surface area contributed by atoms with Gasteiger partial charge in [-0.15, -0.1) is 0 Å². The van der Waals surface area contributed by atoms with Crippen molar-refractivity contribution >= 4 is 0 Å². The zero-order valence-corrected chi connectivity index (χ0v) is 19.4. The van der Waals surface area contributed by atoms with E-state index in [2.05, 4.69) is 55.4 Å². The van der Waals surface area contributed by atoms with Gasteiger partial charge >= 0.3 is 0 Å².